The van der Waals surface area contributed by atoms with E-state index in [9.17, 15) is 9.59 Å². The molecule has 3 amide bonds. The van der Waals surface area contributed by atoms with E-state index in [2.05, 4.69) is 10.4 Å². The number of hydrogen-bond donors (Lipinski definition) is 1. The van der Waals surface area contributed by atoms with Gasteiger partial charge in [-0.15, -0.1) is 5.01 Å². The molecule has 1 heterocycles. The van der Waals surface area contributed by atoms with Crippen molar-refractivity contribution in [2.24, 2.45) is 5.10 Å². The molecule has 0 aliphatic carbocycles. The molecule has 26 heavy (non-hydrogen) atoms. The van der Waals surface area contributed by atoms with Crippen molar-refractivity contribution in [3.05, 3.63) is 59.7 Å². The molecule has 7 heteroatoms. The van der Waals surface area contributed by atoms with Crippen LogP contribution in [0.15, 0.2) is 53.6 Å². The predicted molar refractivity (Wildman–Crippen MR) is 96.3 cm³/mol. The van der Waals surface area contributed by atoms with Gasteiger partial charge in [-0.05, 0) is 24.6 Å². The van der Waals surface area contributed by atoms with Gasteiger partial charge in [-0.3, -0.25) is 4.79 Å². The Kier molecular flexibility index (Phi) is 4.62. The van der Waals surface area contributed by atoms with Gasteiger partial charge in [0.25, 0.3) is 5.91 Å². The number of hydrazone groups is 1. The Balaban J connectivity index is 1.91. The lowest BCUT2D eigenvalue weighted by molar-refractivity contribution is -0.131. The highest BCUT2D eigenvalue weighted by Crippen LogP contribution is 2.31. The number of nitrogens with zero attached hydrogens (tertiary/aromatic N) is 2. The van der Waals surface area contributed by atoms with Gasteiger partial charge in [-0.1, -0.05) is 36.4 Å². The molecule has 1 N–H and O–H groups in total. The number of benzene rings is 2. The van der Waals surface area contributed by atoms with Gasteiger partial charge in [0.05, 0.1) is 20.4 Å². The zero-order chi connectivity index (χ0) is 18.7. The Morgan fingerprint density at radius 2 is 1.77 bits per heavy atom. The van der Waals surface area contributed by atoms with Crippen LogP contribution in [0.4, 0.5) is 4.79 Å². The maximum atomic E-state index is 12.8. The lowest BCUT2D eigenvalue weighted by atomic mass is 9.92. The molecule has 1 aliphatic rings. The van der Waals surface area contributed by atoms with Crippen molar-refractivity contribution in [2.75, 3.05) is 14.2 Å². The van der Waals surface area contributed by atoms with E-state index in [1.807, 2.05) is 18.2 Å². The fourth-order valence-electron chi connectivity index (χ4n) is 2.83. The molecule has 2 aromatic rings. The average Bonchev–Trinajstić information content (AvgIpc) is 2.89. The summed E-state index contributed by atoms with van der Waals surface area (Å²) in [5.41, 5.74) is 0.115. The van der Waals surface area contributed by atoms with Crippen molar-refractivity contribution in [3.8, 4) is 11.5 Å². The van der Waals surface area contributed by atoms with Gasteiger partial charge in [-0.25, -0.2) is 4.79 Å². The molecule has 1 atom stereocenters. The maximum Gasteiger partial charge on any atom is 0.346 e. The van der Waals surface area contributed by atoms with E-state index >= 15 is 0 Å². The molecule has 0 unspecified atom stereocenters. The summed E-state index contributed by atoms with van der Waals surface area (Å²) >= 11 is 0. The third kappa shape index (κ3) is 2.88. The van der Waals surface area contributed by atoms with Crippen LogP contribution in [0.1, 0.15) is 18.1 Å². The first-order valence-electron chi connectivity index (χ1n) is 7.98. The van der Waals surface area contributed by atoms with Crippen LogP contribution in [0.3, 0.4) is 0 Å². The number of amides is 3. The molecule has 7 nitrogen and oxygen atoms in total. The van der Waals surface area contributed by atoms with Gasteiger partial charge in [0.2, 0.25) is 0 Å². The Morgan fingerprint density at radius 1 is 1.04 bits per heavy atom. The van der Waals surface area contributed by atoms with E-state index in [1.165, 1.54) is 20.4 Å². The highest BCUT2D eigenvalue weighted by atomic mass is 16.5. The lowest BCUT2D eigenvalue weighted by Gasteiger charge is -2.20. The number of para-hydroxylation sites is 1. The van der Waals surface area contributed by atoms with E-state index in [1.54, 1.807) is 37.3 Å². The summed E-state index contributed by atoms with van der Waals surface area (Å²) in [6.45, 7) is 1.66. The molecular weight excluding hydrogens is 334 g/mol. The first-order valence-corrected chi connectivity index (χ1v) is 7.98. The van der Waals surface area contributed by atoms with E-state index in [-0.39, 0.29) is 0 Å². The second-order valence-electron chi connectivity index (χ2n) is 5.87. The first kappa shape index (κ1) is 17.5. The summed E-state index contributed by atoms with van der Waals surface area (Å²) in [6, 6.07) is 13.7. The van der Waals surface area contributed by atoms with E-state index < -0.39 is 17.5 Å². The molecule has 3 rings (SSSR count). The van der Waals surface area contributed by atoms with Gasteiger partial charge in [0.1, 0.15) is 5.54 Å². The minimum absolute atomic E-state index is 0.452. The second kappa shape index (κ2) is 6.87. The van der Waals surface area contributed by atoms with Crippen molar-refractivity contribution in [1.82, 2.24) is 10.3 Å². The second-order valence-corrected chi connectivity index (χ2v) is 5.87. The highest BCUT2D eigenvalue weighted by Gasteiger charge is 2.49. The van der Waals surface area contributed by atoms with E-state index in [0.717, 1.165) is 5.01 Å². The number of carbonyl (C=O) groups excluding carboxylic acids is 2. The molecule has 0 saturated carbocycles. The number of nitrogens with one attached hydrogen (secondary N) is 1. The van der Waals surface area contributed by atoms with Crippen molar-refractivity contribution in [1.29, 1.82) is 0 Å². The number of carbonyl (C=O) groups is 2. The minimum atomic E-state index is -1.16. The average molecular weight is 353 g/mol. The minimum Gasteiger partial charge on any atom is -0.493 e. The lowest BCUT2D eigenvalue weighted by Crippen LogP contribution is -2.40. The molecule has 1 fully saturated rings. The standard InChI is InChI=1S/C19H19N3O4/c1-19(14-9-5-4-6-10-14)17(23)22(18(24)21-19)20-12-13-8-7-11-15(25-2)16(13)26-3/h4-12H,1-3H3,(H,21,24)/b20-12-/t19-/m0/s1. The zero-order valence-electron chi connectivity index (χ0n) is 14.7. The summed E-state index contributed by atoms with van der Waals surface area (Å²) in [4.78, 5) is 25.1. The molecule has 0 bridgehead atoms. The number of methoxy groups -OCH3 is 2. The Hall–Kier alpha value is -3.35. The van der Waals surface area contributed by atoms with Crippen molar-refractivity contribution < 1.29 is 19.1 Å². The van der Waals surface area contributed by atoms with Crippen LogP contribution in [0.25, 0.3) is 0 Å². The SMILES string of the molecule is COc1cccc(/C=N\N2C(=O)N[C@@](C)(c3ccccc3)C2=O)c1OC. The summed E-state index contributed by atoms with van der Waals surface area (Å²) in [5.74, 6) is 0.547. The van der Waals surface area contributed by atoms with Gasteiger partial charge >= 0.3 is 6.03 Å². The monoisotopic (exact) mass is 353 g/mol. The van der Waals surface area contributed by atoms with Gasteiger partial charge in [0.15, 0.2) is 11.5 Å². The first-order chi connectivity index (χ1) is 12.5. The number of urea groups is 1. The third-order valence-electron chi connectivity index (χ3n) is 4.27. The summed E-state index contributed by atoms with van der Waals surface area (Å²) < 4.78 is 10.6. The molecule has 1 aliphatic heterocycles. The van der Waals surface area contributed by atoms with Crippen LogP contribution in [0.2, 0.25) is 0 Å². The van der Waals surface area contributed by atoms with E-state index in [4.69, 9.17) is 9.47 Å². The topological polar surface area (TPSA) is 80.2 Å². The van der Waals surface area contributed by atoms with Gasteiger partial charge < -0.3 is 14.8 Å². The molecule has 0 aromatic heterocycles. The normalized spacial score (nSPS) is 19.7. The van der Waals surface area contributed by atoms with Crippen LogP contribution in [-0.2, 0) is 10.3 Å². The molecule has 134 valence electrons. The third-order valence-corrected chi connectivity index (χ3v) is 4.27. The van der Waals surface area contributed by atoms with E-state index in [0.29, 0.717) is 22.6 Å². The van der Waals surface area contributed by atoms with Crippen LogP contribution in [0, 0.1) is 0 Å². The van der Waals surface area contributed by atoms with Crippen LogP contribution in [-0.4, -0.2) is 37.4 Å². The van der Waals surface area contributed by atoms with Crippen LogP contribution in [0.5, 0.6) is 11.5 Å². The fraction of sp³-hybridized carbons (Fsp3) is 0.211. The Bertz CT molecular complexity index is 866. The van der Waals surface area contributed by atoms with Crippen molar-refractivity contribution in [3.63, 3.8) is 0 Å². The molecule has 0 radical (unpaired) electrons. The summed E-state index contributed by atoms with van der Waals surface area (Å²) in [6.07, 6.45) is 1.40. The molecular formula is C19H19N3O4. The summed E-state index contributed by atoms with van der Waals surface area (Å²) in [5, 5.41) is 7.60. The largest absolute Gasteiger partial charge is 0.493 e. The van der Waals surface area contributed by atoms with Crippen LogP contribution < -0.4 is 14.8 Å². The molecule has 0 spiro atoms. The van der Waals surface area contributed by atoms with Crippen molar-refractivity contribution in [2.45, 2.75) is 12.5 Å². The van der Waals surface area contributed by atoms with Gasteiger partial charge in [0, 0.05) is 5.56 Å². The quantitative estimate of drug-likeness (QED) is 0.662. The number of imide groups is 1. The Labute approximate surface area is 151 Å². The smallest absolute Gasteiger partial charge is 0.346 e. The predicted octanol–water partition coefficient (Wildman–Crippen LogP) is 2.50. The Morgan fingerprint density at radius 3 is 2.42 bits per heavy atom. The number of ether oxygens (including phenoxy) is 2. The molecule has 1 saturated heterocycles. The highest BCUT2D eigenvalue weighted by molar-refractivity contribution is 6.07. The summed E-state index contributed by atoms with van der Waals surface area (Å²) in [7, 11) is 3.04. The zero-order valence-corrected chi connectivity index (χ0v) is 14.7. The van der Waals surface area contributed by atoms with Crippen molar-refractivity contribution >= 4 is 18.2 Å². The number of hydrogen-bond acceptors (Lipinski definition) is 5. The number of rotatable bonds is 5. The molecule has 2 aromatic carbocycles. The van der Waals surface area contributed by atoms with Crippen LogP contribution >= 0.6 is 0 Å². The van der Waals surface area contributed by atoms with Gasteiger partial charge in [-0.2, -0.15) is 5.10 Å². The fourth-order valence-corrected chi connectivity index (χ4v) is 2.83. The maximum absolute atomic E-state index is 12.8.